The normalized spacial score (nSPS) is 12.3. The van der Waals surface area contributed by atoms with Gasteiger partial charge in [-0.15, -0.1) is 0 Å². The Bertz CT molecular complexity index is 246. The second-order valence-electron chi connectivity index (χ2n) is 5.81. The van der Waals surface area contributed by atoms with Crippen molar-refractivity contribution in [1.29, 1.82) is 0 Å². The van der Waals surface area contributed by atoms with Gasteiger partial charge in [0.1, 0.15) is 0 Å². The first-order valence-electron chi connectivity index (χ1n) is 9.10. The Morgan fingerprint density at radius 3 is 2.09 bits per heavy atom. The lowest BCUT2D eigenvalue weighted by atomic mass is 10.1. The number of carbonyl (C=O) groups is 1. The molecule has 132 valence electrons. The van der Waals surface area contributed by atoms with Gasteiger partial charge in [0, 0.05) is 11.9 Å². The number of esters is 1. The molecule has 0 radical (unpaired) electrons. The van der Waals surface area contributed by atoms with Crippen LogP contribution in [0.2, 0.25) is 0 Å². The van der Waals surface area contributed by atoms with E-state index in [4.69, 9.17) is 9.47 Å². The minimum atomic E-state index is -0.377. The number of alkyl halides is 1. The molecule has 22 heavy (non-hydrogen) atoms. The smallest absolute Gasteiger partial charge is 0.335 e. The van der Waals surface area contributed by atoms with Crippen LogP contribution in [0.25, 0.3) is 0 Å². The van der Waals surface area contributed by atoms with E-state index in [0.29, 0.717) is 19.6 Å². The summed E-state index contributed by atoms with van der Waals surface area (Å²) in [6.45, 7) is 5.40. The molecule has 0 bridgehead atoms. The van der Waals surface area contributed by atoms with Gasteiger partial charge in [-0.3, -0.25) is 0 Å². The van der Waals surface area contributed by atoms with Crippen LogP contribution in [-0.4, -0.2) is 30.6 Å². The van der Waals surface area contributed by atoms with Gasteiger partial charge < -0.3 is 9.47 Å². The SMILES string of the molecule is CCCCCCCCOC(CC)C(=O)OCCCCCCBr. The highest BCUT2D eigenvalue weighted by Crippen LogP contribution is 2.08. The molecule has 1 unspecified atom stereocenters. The molecule has 0 aliphatic heterocycles. The number of carbonyl (C=O) groups excluding carboxylic acids is 1. The molecule has 0 aliphatic carbocycles. The van der Waals surface area contributed by atoms with Gasteiger partial charge in [-0.05, 0) is 25.7 Å². The molecule has 0 rings (SSSR count). The van der Waals surface area contributed by atoms with Crippen LogP contribution in [0.3, 0.4) is 0 Å². The van der Waals surface area contributed by atoms with Gasteiger partial charge in [-0.2, -0.15) is 0 Å². The van der Waals surface area contributed by atoms with E-state index in [1.807, 2.05) is 6.92 Å². The Kier molecular flexibility index (Phi) is 17.2. The van der Waals surface area contributed by atoms with Crippen molar-refractivity contribution in [3.05, 3.63) is 0 Å². The quantitative estimate of drug-likeness (QED) is 0.198. The Balaban J connectivity index is 3.55. The van der Waals surface area contributed by atoms with E-state index in [1.165, 1.54) is 44.9 Å². The molecule has 3 nitrogen and oxygen atoms in total. The highest BCUT2D eigenvalue weighted by molar-refractivity contribution is 9.09. The van der Waals surface area contributed by atoms with E-state index in [0.717, 1.165) is 24.6 Å². The Morgan fingerprint density at radius 1 is 0.864 bits per heavy atom. The fourth-order valence-electron chi connectivity index (χ4n) is 2.28. The van der Waals surface area contributed by atoms with Gasteiger partial charge in [0.2, 0.25) is 0 Å². The second kappa shape index (κ2) is 17.3. The van der Waals surface area contributed by atoms with Crippen molar-refractivity contribution in [2.24, 2.45) is 0 Å². The van der Waals surface area contributed by atoms with Gasteiger partial charge in [-0.25, -0.2) is 4.79 Å². The average Bonchev–Trinajstić information content (AvgIpc) is 2.53. The zero-order valence-corrected chi connectivity index (χ0v) is 16.2. The van der Waals surface area contributed by atoms with E-state index in [2.05, 4.69) is 22.9 Å². The summed E-state index contributed by atoms with van der Waals surface area (Å²) < 4.78 is 11.0. The standard InChI is InChI=1S/C18H35BrO3/c1-3-5-6-7-9-12-15-21-17(4-2)18(20)22-16-13-10-8-11-14-19/h17H,3-16H2,1-2H3. The highest BCUT2D eigenvalue weighted by atomic mass is 79.9. The monoisotopic (exact) mass is 378 g/mol. The third-order valence-corrected chi connectivity index (χ3v) is 4.28. The second-order valence-corrected chi connectivity index (χ2v) is 6.60. The average molecular weight is 379 g/mol. The summed E-state index contributed by atoms with van der Waals surface area (Å²) in [5, 5.41) is 1.05. The first-order valence-corrected chi connectivity index (χ1v) is 10.2. The van der Waals surface area contributed by atoms with Crippen LogP contribution in [0, 0.1) is 0 Å². The van der Waals surface area contributed by atoms with Gasteiger partial charge >= 0.3 is 5.97 Å². The third-order valence-electron chi connectivity index (χ3n) is 3.72. The Labute approximate surface area is 145 Å². The number of rotatable bonds is 16. The summed E-state index contributed by atoms with van der Waals surface area (Å²) in [5.74, 6) is -0.186. The fourth-order valence-corrected chi connectivity index (χ4v) is 2.67. The van der Waals surface area contributed by atoms with Crippen molar-refractivity contribution >= 4 is 21.9 Å². The molecule has 1 atom stereocenters. The molecule has 0 N–H and O–H groups in total. The molecular formula is C18H35BrO3. The van der Waals surface area contributed by atoms with Crippen LogP contribution < -0.4 is 0 Å². The van der Waals surface area contributed by atoms with Crippen LogP contribution in [-0.2, 0) is 14.3 Å². The van der Waals surface area contributed by atoms with E-state index >= 15 is 0 Å². The third kappa shape index (κ3) is 13.6. The van der Waals surface area contributed by atoms with Crippen molar-refractivity contribution in [3.8, 4) is 0 Å². The van der Waals surface area contributed by atoms with Crippen LogP contribution >= 0.6 is 15.9 Å². The number of ether oxygens (including phenoxy) is 2. The summed E-state index contributed by atoms with van der Waals surface area (Å²) in [7, 11) is 0. The van der Waals surface area contributed by atoms with E-state index < -0.39 is 0 Å². The highest BCUT2D eigenvalue weighted by Gasteiger charge is 2.18. The molecule has 0 saturated heterocycles. The molecule has 0 saturated carbocycles. The van der Waals surface area contributed by atoms with Crippen LogP contribution in [0.1, 0.15) is 84.5 Å². The zero-order valence-electron chi connectivity index (χ0n) is 14.6. The minimum absolute atomic E-state index is 0.186. The van der Waals surface area contributed by atoms with Crippen molar-refractivity contribution in [2.45, 2.75) is 90.6 Å². The molecule has 4 heteroatoms. The van der Waals surface area contributed by atoms with E-state index in [1.54, 1.807) is 0 Å². The predicted octanol–water partition coefficient (Wildman–Crippen LogP) is 5.64. The molecule has 0 fully saturated rings. The first kappa shape index (κ1) is 21.9. The van der Waals surface area contributed by atoms with Crippen molar-refractivity contribution in [3.63, 3.8) is 0 Å². The molecule has 0 amide bonds. The molecule has 0 aliphatic rings. The van der Waals surface area contributed by atoms with Gasteiger partial charge in [-0.1, -0.05) is 74.7 Å². The zero-order chi connectivity index (χ0) is 16.5. The van der Waals surface area contributed by atoms with Crippen molar-refractivity contribution in [2.75, 3.05) is 18.5 Å². The van der Waals surface area contributed by atoms with Crippen LogP contribution in [0.5, 0.6) is 0 Å². The summed E-state index contributed by atoms with van der Waals surface area (Å²) in [5.41, 5.74) is 0. The molecule has 0 heterocycles. The first-order chi connectivity index (χ1) is 10.8. The van der Waals surface area contributed by atoms with Gasteiger partial charge in [0.15, 0.2) is 6.10 Å². The Morgan fingerprint density at radius 2 is 1.45 bits per heavy atom. The number of halogens is 1. The van der Waals surface area contributed by atoms with E-state index in [-0.39, 0.29) is 12.1 Å². The summed E-state index contributed by atoms with van der Waals surface area (Å²) >= 11 is 3.42. The lowest BCUT2D eigenvalue weighted by Gasteiger charge is -2.15. The predicted molar refractivity (Wildman–Crippen MR) is 96.6 cm³/mol. The molecule has 0 aromatic carbocycles. The minimum Gasteiger partial charge on any atom is -0.464 e. The summed E-state index contributed by atoms with van der Waals surface area (Å²) in [6.07, 6.45) is 12.2. The maximum Gasteiger partial charge on any atom is 0.335 e. The summed E-state index contributed by atoms with van der Waals surface area (Å²) in [4.78, 5) is 11.9. The maximum atomic E-state index is 11.9. The topological polar surface area (TPSA) is 35.5 Å². The van der Waals surface area contributed by atoms with Crippen LogP contribution in [0.15, 0.2) is 0 Å². The molecule has 0 spiro atoms. The fraction of sp³-hybridized carbons (Fsp3) is 0.944. The van der Waals surface area contributed by atoms with E-state index in [9.17, 15) is 4.79 Å². The van der Waals surface area contributed by atoms with Crippen molar-refractivity contribution < 1.29 is 14.3 Å². The number of hydrogen-bond donors (Lipinski definition) is 0. The molecular weight excluding hydrogens is 344 g/mol. The molecule has 0 aromatic rings. The largest absolute Gasteiger partial charge is 0.464 e. The number of unbranched alkanes of at least 4 members (excludes halogenated alkanes) is 8. The lowest BCUT2D eigenvalue weighted by molar-refractivity contribution is -0.157. The maximum absolute atomic E-state index is 11.9. The van der Waals surface area contributed by atoms with Crippen molar-refractivity contribution in [1.82, 2.24) is 0 Å². The number of hydrogen-bond acceptors (Lipinski definition) is 3. The van der Waals surface area contributed by atoms with Crippen LogP contribution in [0.4, 0.5) is 0 Å². The molecule has 0 aromatic heterocycles. The lowest BCUT2D eigenvalue weighted by Crippen LogP contribution is -2.26. The Hall–Kier alpha value is -0.0900. The summed E-state index contributed by atoms with van der Waals surface area (Å²) in [6, 6.07) is 0. The van der Waals surface area contributed by atoms with Gasteiger partial charge in [0.25, 0.3) is 0 Å². The van der Waals surface area contributed by atoms with Gasteiger partial charge in [0.05, 0.1) is 6.61 Å².